The average molecular weight is 345 g/mol. The summed E-state index contributed by atoms with van der Waals surface area (Å²) in [4.78, 5) is 0. The van der Waals surface area contributed by atoms with Crippen LogP contribution in [0.4, 0.5) is 0 Å². The fourth-order valence-electron chi connectivity index (χ4n) is 3.35. The predicted octanol–water partition coefficient (Wildman–Crippen LogP) is 6.49. The summed E-state index contributed by atoms with van der Waals surface area (Å²) in [5.74, 6) is 0.781. The molecule has 2 aliphatic rings. The van der Waals surface area contributed by atoms with Crippen molar-refractivity contribution in [1.29, 1.82) is 0 Å². The van der Waals surface area contributed by atoms with E-state index in [1.165, 1.54) is 41.5 Å². The van der Waals surface area contributed by atoms with Gasteiger partial charge in [-0.25, -0.2) is 0 Å². The Hall–Kier alpha value is -0.820. The first-order chi connectivity index (χ1) is 10.0. The number of allylic oxidation sites excluding steroid dienone is 4. The molecule has 0 unspecified atom stereocenters. The molecule has 0 nitrogen and oxygen atoms in total. The summed E-state index contributed by atoms with van der Waals surface area (Å²) in [5, 5.41) is 0.969. The third-order valence-corrected chi connectivity index (χ3v) is 5.51. The van der Waals surface area contributed by atoms with Gasteiger partial charge in [-0.15, -0.1) is 0 Å². The highest BCUT2D eigenvalue weighted by Crippen LogP contribution is 2.44. The van der Waals surface area contributed by atoms with E-state index in [2.05, 4.69) is 67.1 Å². The summed E-state index contributed by atoms with van der Waals surface area (Å²) in [6, 6.07) is 4.91. The summed E-state index contributed by atoms with van der Waals surface area (Å²) < 4.78 is 0. The minimum Gasteiger partial charge on any atom is -0.0876 e. The van der Waals surface area contributed by atoms with E-state index in [4.69, 9.17) is 0 Å². The monoisotopic (exact) mass is 344 g/mol. The highest BCUT2D eigenvalue weighted by molar-refractivity contribution is 9.08. The van der Waals surface area contributed by atoms with Gasteiger partial charge in [0.15, 0.2) is 0 Å². The molecule has 0 atom stereocenters. The van der Waals surface area contributed by atoms with Crippen molar-refractivity contribution in [3.8, 4) is 0 Å². The van der Waals surface area contributed by atoms with Crippen LogP contribution in [-0.4, -0.2) is 0 Å². The van der Waals surface area contributed by atoms with Crippen molar-refractivity contribution in [3.63, 3.8) is 0 Å². The number of alkyl halides is 1. The van der Waals surface area contributed by atoms with E-state index < -0.39 is 0 Å². The lowest BCUT2D eigenvalue weighted by molar-refractivity contribution is 0.417. The number of benzene rings is 1. The van der Waals surface area contributed by atoms with Crippen LogP contribution < -0.4 is 0 Å². The van der Waals surface area contributed by atoms with Crippen molar-refractivity contribution < 1.29 is 0 Å². The predicted molar refractivity (Wildman–Crippen MR) is 96.1 cm³/mol. The van der Waals surface area contributed by atoms with E-state index in [0.29, 0.717) is 0 Å². The van der Waals surface area contributed by atoms with Crippen LogP contribution in [0.2, 0.25) is 0 Å². The van der Waals surface area contributed by atoms with Gasteiger partial charge in [-0.3, -0.25) is 0 Å². The van der Waals surface area contributed by atoms with Crippen LogP contribution >= 0.6 is 15.9 Å². The maximum absolute atomic E-state index is 3.74. The molecule has 0 amide bonds. The molecule has 0 bridgehead atoms. The van der Waals surface area contributed by atoms with Gasteiger partial charge in [-0.1, -0.05) is 73.5 Å². The molecule has 0 heterocycles. The third kappa shape index (κ3) is 2.90. The third-order valence-electron chi connectivity index (χ3n) is 4.91. The zero-order chi connectivity index (χ0) is 15.0. The normalized spacial score (nSPS) is 18.8. The van der Waals surface area contributed by atoms with E-state index in [1.54, 1.807) is 5.56 Å². The molecule has 1 heteroatoms. The Kier molecular flexibility index (Phi) is 4.14. The lowest BCUT2D eigenvalue weighted by Gasteiger charge is -2.32. The Bertz CT molecular complexity index is 595. The Morgan fingerprint density at radius 3 is 2.43 bits per heavy atom. The Balaban J connectivity index is 2.16. The highest BCUT2D eigenvalue weighted by Gasteiger charge is 2.28. The molecule has 0 spiro atoms. The van der Waals surface area contributed by atoms with Gasteiger partial charge in [0.1, 0.15) is 0 Å². The lowest BCUT2D eigenvalue weighted by atomic mass is 9.73. The molecule has 21 heavy (non-hydrogen) atoms. The van der Waals surface area contributed by atoms with Crippen LogP contribution in [0.3, 0.4) is 0 Å². The fourth-order valence-corrected chi connectivity index (χ4v) is 3.81. The van der Waals surface area contributed by atoms with Gasteiger partial charge in [-0.05, 0) is 58.4 Å². The summed E-state index contributed by atoms with van der Waals surface area (Å²) >= 11 is 3.74. The van der Waals surface area contributed by atoms with Gasteiger partial charge in [0.05, 0.1) is 0 Å². The SMILES string of the molecule is CC(C)(C)c1cc(CBr)c(C2CCC2)c(C2=CC=CC2)c1. The Morgan fingerprint density at radius 1 is 1.19 bits per heavy atom. The summed E-state index contributed by atoms with van der Waals surface area (Å²) in [6.07, 6.45) is 12.0. The van der Waals surface area contributed by atoms with Gasteiger partial charge < -0.3 is 0 Å². The first kappa shape index (κ1) is 15.1. The number of rotatable bonds is 3. The molecule has 3 rings (SSSR count). The molecule has 1 aromatic rings. The molecule has 0 radical (unpaired) electrons. The van der Waals surface area contributed by atoms with E-state index in [1.807, 2.05) is 0 Å². The number of hydrogen-bond acceptors (Lipinski definition) is 0. The largest absolute Gasteiger partial charge is 0.0876 e. The molecule has 0 saturated heterocycles. The molecule has 1 aromatic carbocycles. The quantitative estimate of drug-likeness (QED) is 0.549. The molecule has 1 fully saturated rings. The summed E-state index contributed by atoms with van der Waals surface area (Å²) in [7, 11) is 0. The number of halogens is 1. The van der Waals surface area contributed by atoms with E-state index in [-0.39, 0.29) is 5.41 Å². The van der Waals surface area contributed by atoms with Crippen molar-refractivity contribution in [1.82, 2.24) is 0 Å². The van der Waals surface area contributed by atoms with Crippen molar-refractivity contribution in [3.05, 3.63) is 52.6 Å². The molecule has 112 valence electrons. The topological polar surface area (TPSA) is 0 Å². The molecular weight excluding hydrogens is 320 g/mol. The average Bonchev–Trinajstić information content (AvgIpc) is 2.89. The second-order valence-corrected chi connectivity index (χ2v) is 7.99. The number of hydrogen-bond donors (Lipinski definition) is 0. The molecule has 1 saturated carbocycles. The van der Waals surface area contributed by atoms with Gasteiger partial charge >= 0.3 is 0 Å². The molecule has 0 aromatic heterocycles. The van der Waals surface area contributed by atoms with Crippen LogP contribution in [-0.2, 0) is 10.7 Å². The summed E-state index contributed by atoms with van der Waals surface area (Å²) in [5.41, 5.74) is 7.83. The molecule has 2 aliphatic carbocycles. The van der Waals surface area contributed by atoms with Crippen LogP contribution in [0.15, 0.2) is 30.4 Å². The first-order valence-corrected chi connectivity index (χ1v) is 9.22. The standard InChI is InChI=1S/C20H25Br/c1-20(2,3)17-11-16(13-21)19(15-9-6-10-15)18(12-17)14-7-4-5-8-14/h4-5,7,11-12,15H,6,8-10,13H2,1-3H3. The first-order valence-electron chi connectivity index (χ1n) is 8.10. The van der Waals surface area contributed by atoms with Crippen molar-refractivity contribution in [2.45, 2.75) is 63.1 Å². The Labute approximate surface area is 137 Å². The Morgan fingerprint density at radius 2 is 1.95 bits per heavy atom. The van der Waals surface area contributed by atoms with E-state index in [9.17, 15) is 0 Å². The minimum atomic E-state index is 0.205. The van der Waals surface area contributed by atoms with Crippen LogP contribution in [0.1, 0.15) is 74.6 Å². The van der Waals surface area contributed by atoms with Gasteiger partial charge in [0.2, 0.25) is 0 Å². The van der Waals surface area contributed by atoms with Gasteiger partial charge in [0, 0.05) is 5.33 Å². The van der Waals surface area contributed by atoms with Gasteiger partial charge in [-0.2, -0.15) is 0 Å². The maximum atomic E-state index is 3.74. The maximum Gasteiger partial charge on any atom is 0.0286 e. The van der Waals surface area contributed by atoms with Crippen LogP contribution in [0.25, 0.3) is 5.57 Å². The fraction of sp³-hybridized carbons (Fsp3) is 0.500. The zero-order valence-corrected chi connectivity index (χ0v) is 15.0. The second kappa shape index (κ2) is 5.76. The molecular formula is C20H25Br. The highest BCUT2D eigenvalue weighted by atomic mass is 79.9. The molecule has 0 N–H and O–H groups in total. The zero-order valence-electron chi connectivity index (χ0n) is 13.4. The van der Waals surface area contributed by atoms with Gasteiger partial charge in [0.25, 0.3) is 0 Å². The van der Waals surface area contributed by atoms with Crippen LogP contribution in [0, 0.1) is 0 Å². The minimum absolute atomic E-state index is 0.205. The van der Waals surface area contributed by atoms with Crippen molar-refractivity contribution >= 4 is 21.5 Å². The van der Waals surface area contributed by atoms with E-state index in [0.717, 1.165) is 17.7 Å². The smallest absolute Gasteiger partial charge is 0.0286 e. The van der Waals surface area contributed by atoms with Crippen molar-refractivity contribution in [2.75, 3.05) is 0 Å². The second-order valence-electron chi connectivity index (χ2n) is 7.43. The lowest BCUT2D eigenvalue weighted by Crippen LogP contribution is -2.17. The summed E-state index contributed by atoms with van der Waals surface area (Å²) in [6.45, 7) is 6.94. The van der Waals surface area contributed by atoms with Crippen LogP contribution in [0.5, 0.6) is 0 Å². The van der Waals surface area contributed by atoms with E-state index >= 15 is 0 Å². The molecule has 0 aliphatic heterocycles. The van der Waals surface area contributed by atoms with Crippen molar-refractivity contribution in [2.24, 2.45) is 0 Å².